The molecule has 1 saturated heterocycles. The zero-order valence-corrected chi connectivity index (χ0v) is 22.9. The number of hydrogen-bond donors (Lipinski definition) is 0. The molecule has 0 radical (unpaired) electrons. The van der Waals surface area contributed by atoms with Crippen LogP contribution in [0.2, 0.25) is 0 Å². The number of piperidine rings is 1. The second kappa shape index (κ2) is 9.93. The lowest BCUT2D eigenvalue weighted by molar-refractivity contribution is -0.144. The van der Waals surface area contributed by atoms with Gasteiger partial charge in [0, 0.05) is 55.9 Å². The van der Waals surface area contributed by atoms with Crippen LogP contribution in [-0.2, 0) is 23.9 Å². The molecule has 2 aromatic heterocycles. The number of rotatable bonds is 3. The van der Waals surface area contributed by atoms with Gasteiger partial charge in [-0.1, -0.05) is 24.6 Å². The number of carbonyl (C=O) groups excluding carboxylic acids is 1. The van der Waals surface area contributed by atoms with Gasteiger partial charge in [-0.25, -0.2) is 4.68 Å². The SMILES string of the molecule is O=C(N1CCc2ncc(C(F)(F)F)cc2C1)[C@@]12CCC[C@@H]1C[C@@H](N1CCC(n3ncc4ccccc4c3=O)CC1)C2. The van der Waals surface area contributed by atoms with Gasteiger partial charge in [0.2, 0.25) is 5.91 Å². The van der Waals surface area contributed by atoms with Crippen molar-refractivity contribution >= 4 is 16.7 Å². The molecular formula is C31H34F3N5O2. The molecule has 10 heteroatoms. The molecule has 1 amide bonds. The first-order valence-corrected chi connectivity index (χ1v) is 14.8. The van der Waals surface area contributed by atoms with Crippen molar-refractivity contribution < 1.29 is 18.0 Å². The van der Waals surface area contributed by atoms with E-state index in [1.807, 2.05) is 24.3 Å². The van der Waals surface area contributed by atoms with E-state index in [-0.39, 0.29) is 24.1 Å². The first-order valence-electron chi connectivity index (χ1n) is 14.8. The van der Waals surface area contributed by atoms with E-state index in [1.54, 1.807) is 15.8 Å². The summed E-state index contributed by atoms with van der Waals surface area (Å²) >= 11 is 0. The first-order chi connectivity index (χ1) is 19.7. The summed E-state index contributed by atoms with van der Waals surface area (Å²) < 4.78 is 41.6. The molecule has 3 fully saturated rings. The molecule has 7 nitrogen and oxygen atoms in total. The Balaban J connectivity index is 1.04. The minimum Gasteiger partial charge on any atom is -0.337 e. The highest BCUT2D eigenvalue weighted by Gasteiger charge is 2.57. The molecule has 4 aliphatic rings. The van der Waals surface area contributed by atoms with Crippen molar-refractivity contribution in [2.24, 2.45) is 11.3 Å². The number of aromatic nitrogens is 3. The molecule has 2 aliphatic heterocycles. The fraction of sp³-hybridized carbons (Fsp3) is 0.548. The number of likely N-dealkylation sites (tertiary alicyclic amines) is 1. The van der Waals surface area contributed by atoms with E-state index in [2.05, 4.69) is 15.0 Å². The van der Waals surface area contributed by atoms with Gasteiger partial charge >= 0.3 is 6.18 Å². The zero-order valence-electron chi connectivity index (χ0n) is 22.9. The van der Waals surface area contributed by atoms with Gasteiger partial charge in [0.1, 0.15) is 0 Å². The predicted molar refractivity (Wildman–Crippen MR) is 147 cm³/mol. The van der Waals surface area contributed by atoms with E-state index in [0.717, 1.165) is 69.6 Å². The Bertz CT molecular complexity index is 1550. The van der Waals surface area contributed by atoms with Crippen LogP contribution >= 0.6 is 0 Å². The highest BCUT2D eigenvalue weighted by atomic mass is 19.4. The van der Waals surface area contributed by atoms with E-state index in [1.165, 1.54) is 6.07 Å². The van der Waals surface area contributed by atoms with Gasteiger partial charge in [-0.3, -0.25) is 14.6 Å². The van der Waals surface area contributed by atoms with Gasteiger partial charge in [0.05, 0.1) is 28.6 Å². The first kappa shape index (κ1) is 26.6. The Labute approximate surface area is 236 Å². The van der Waals surface area contributed by atoms with Crippen LogP contribution in [0.5, 0.6) is 0 Å². The standard InChI is InChI=1S/C31H34F3N5O2/c32-31(33,34)23-14-21-19-38(13-9-27(21)35-18-23)29(41)30-10-3-5-22(30)15-25(16-30)37-11-7-24(8-12-37)39-28(40)26-6-2-1-4-20(26)17-36-39/h1-2,4,6,14,17-18,22,24-25H,3,5,7-13,15-16,19H2/t22-,25-,30-/m1/s1. The number of nitrogens with zero attached hydrogens (tertiary/aromatic N) is 5. The number of fused-ring (bicyclic) bond motifs is 3. The van der Waals surface area contributed by atoms with Crippen LogP contribution in [0.15, 0.2) is 47.5 Å². The number of carbonyl (C=O) groups is 1. The third-order valence-corrected chi connectivity index (χ3v) is 10.3. The second-order valence-electron chi connectivity index (χ2n) is 12.4. The lowest BCUT2D eigenvalue weighted by Crippen LogP contribution is -2.47. The number of hydrogen-bond acceptors (Lipinski definition) is 5. The summed E-state index contributed by atoms with van der Waals surface area (Å²) in [7, 11) is 0. The van der Waals surface area contributed by atoms with Gasteiger partial charge in [0.25, 0.3) is 5.56 Å². The molecule has 4 heterocycles. The largest absolute Gasteiger partial charge is 0.417 e. The second-order valence-corrected chi connectivity index (χ2v) is 12.4. The smallest absolute Gasteiger partial charge is 0.337 e. The quantitative estimate of drug-likeness (QED) is 0.448. The summed E-state index contributed by atoms with van der Waals surface area (Å²) in [6.45, 7) is 2.41. The van der Waals surface area contributed by atoms with Crippen molar-refractivity contribution in [3.05, 3.63) is 69.9 Å². The number of alkyl halides is 3. The highest BCUT2D eigenvalue weighted by Crippen LogP contribution is 2.57. The molecule has 1 aromatic carbocycles. The van der Waals surface area contributed by atoms with Gasteiger partial charge in [-0.15, -0.1) is 0 Å². The molecule has 3 aromatic rings. The van der Waals surface area contributed by atoms with Crippen LogP contribution in [0.25, 0.3) is 10.8 Å². The molecule has 0 spiro atoms. The lowest BCUT2D eigenvalue weighted by atomic mass is 9.78. The minimum atomic E-state index is -4.45. The van der Waals surface area contributed by atoms with Crippen molar-refractivity contribution in [3.63, 3.8) is 0 Å². The fourth-order valence-corrected chi connectivity index (χ4v) is 8.17. The lowest BCUT2D eigenvalue weighted by Gasteiger charge is -2.39. The summed E-state index contributed by atoms with van der Waals surface area (Å²) in [5.41, 5.74) is -0.0467. The minimum absolute atomic E-state index is 0.0397. The van der Waals surface area contributed by atoms with Crippen LogP contribution < -0.4 is 5.56 Å². The topological polar surface area (TPSA) is 71.3 Å². The van der Waals surface area contributed by atoms with Crippen molar-refractivity contribution in [2.45, 2.75) is 76.2 Å². The zero-order chi connectivity index (χ0) is 28.4. The number of pyridine rings is 1. The van der Waals surface area contributed by atoms with Crippen molar-refractivity contribution in [1.29, 1.82) is 0 Å². The third-order valence-electron chi connectivity index (χ3n) is 10.3. The van der Waals surface area contributed by atoms with Crippen LogP contribution in [-0.4, -0.2) is 56.1 Å². The molecule has 0 bridgehead atoms. The molecular weight excluding hydrogens is 531 g/mol. The van der Waals surface area contributed by atoms with Gasteiger partial charge in [-0.2, -0.15) is 18.3 Å². The summed E-state index contributed by atoms with van der Waals surface area (Å²) in [5, 5.41) is 6.04. The Kier molecular flexibility index (Phi) is 6.44. The average Bonchev–Trinajstić information content (AvgIpc) is 3.55. The van der Waals surface area contributed by atoms with Crippen molar-refractivity contribution in [1.82, 2.24) is 24.6 Å². The van der Waals surface area contributed by atoms with Gasteiger partial charge in [-0.05, 0) is 62.1 Å². The average molecular weight is 566 g/mol. The molecule has 2 saturated carbocycles. The summed E-state index contributed by atoms with van der Waals surface area (Å²) in [6, 6.07) is 9.08. The van der Waals surface area contributed by atoms with E-state index in [9.17, 15) is 22.8 Å². The summed E-state index contributed by atoms with van der Waals surface area (Å²) in [6.07, 6.45) is 5.07. The van der Waals surface area contributed by atoms with E-state index in [0.29, 0.717) is 41.6 Å². The fourth-order valence-electron chi connectivity index (χ4n) is 8.17. The number of amides is 1. The molecule has 3 atom stereocenters. The predicted octanol–water partition coefficient (Wildman–Crippen LogP) is 4.98. The summed E-state index contributed by atoms with van der Waals surface area (Å²) in [5.74, 6) is 0.427. The highest BCUT2D eigenvalue weighted by molar-refractivity contribution is 5.84. The Morgan fingerprint density at radius 3 is 2.63 bits per heavy atom. The normalized spacial score (nSPS) is 27.2. The molecule has 0 N–H and O–H groups in total. The van der Waals surface area contributed by atoms with Crippen LogP contribution in [0.3, 0.4) is 0 Å². The maximum absolute atomic E-state index is 14.1. The maximum atomic E-state index is 14.1. The van der Waals surface area contributed by atoms with E-state index < -0.39 is 17.2 Å². The molecule has 2 aliphatic carbocycles. The van der Waals surface area contributed by atoms with Crippen LogP contribution in [0.4, 0.5) is 13.2 Å². The molecule has 0 unspecified atom stereocenters. The molecule has 41 heavy (non-hydrogen) atoms. The third kappa shape index (κ3) is 4.54. The van der Waals surface area contributed by atoms with Gasteiger partial charge < -0.3 is 9.80 Å². The van der Waals surface area contributed by atoms with Crippen LogP contribution in [0, 0.1) is 11.3 Å². The van der Waals surface area contributed by atoms with E-state index in [4.69, 9.17) is 0 Å². The monoisotopic (exact) mass is 565 g/mol. The van der Waals surface area contributed by atoms with Crippen LogP contribution in [0.1, 0.15) is 67.8 Å². The van der Waals surface area contributed by atoms with Crippen molar-refractivity contribution in [3.8, 4) is 0 Å². The number of halogens is 3. The Morgan fingerprint density at radius 1 is 1.02 bits per heavy atom. The number of benzene rings is 1. The Hall–Kier alpha value is -3.27. The Morgan fingerprint density at radius 2 is 1.83 bits per heavy atom. The summed E-state index contributed by atoms with van der Waals surface area (Å²) in [4.78, 5) is 35.6. The van der Waals surface area contributed by atoms with E-state index >= 15 is 0 Å². The van der Waals surface area contributed by atoms with Crippen molar-refractivity contribution in [2.75, 3.05) is 19.6 Å². The molecule has 7 rings (SSSR count). The molecule has 216 valence electrons. The maximum Gasteiger partial charge on any atom is 0.417 e. The van der Waals surface area contributed by atoms with Gasteiger partial charge in [0.15, 0.2) is 0 Å².